The number of esters is 2. The smallest absolute Gasteiger partial charge is 0.317 e. The molecule has 2 saturated carbocycles. The summed E-state index contributed by atoms with van der Waals surface area (Å²) in [5, 5.41) is 0. The molecule has 92 valence electrons. The van der Waals surface area contributed by atoms with E-state index >= 15 is 0 Å². The Labute approximate surface area is 105 Å². The van der Waals surface area contributed by atoms with Gasteiger partial charge in [0.15, 0.2) is 0 Å². The fourth-order valence-corrected chi connectivity index (χ4v) is 4.34. The zero-order valence-electron chi connectivity index (χ0n) is 9.91. The minimum Gasteiger partial charge on any atom is -0.393 e. The molecule has 3 aliphatic rings. The highest BCUT2D eigenvalue weighted by Gasteiger charge is 2.62. The van der Waals surface area contributed by atoms with Crippen molar-refractivity contribution in [2.75, 3.05) is 0 Å². The second-order valence-corrected chi connectivity index (χ2v) is 5.70. The molecule has 18 heavy (non-hydrogen) atoms. The molecule has 0 unspecified atom stereocenters. The monoisotopic (exact) mass is 242 g/mol. The summed E-state index contributed by atoms with van der Waals surface area (Å²) in [5.74, 6) is 0.229. The molecule has 1 aromatic carbocycles. The summed E-state index contributed by atoms with van der Waals surface area (Å²) in [7, 11) is 0. The predicted octanol–water partition coefficient (Wildman–Crippen LogP) is 2.13. The molecule has 3 nitrogen and oxygen atoms in total. The number of hydrogen-bond donors (Lipinski definition) is 0. The molecule has 2 bridgehead atoms. The Morgan fingerprint density at radius 1 is 0.944 bits per heavy atom. The molecular formula is C15H14O3. The number of hydrogen-bond acceptors (Lipinski definition) is 3. The van der Waals surface area contributed by atoms with E-state index in [4.69, 9.17) is 4.74 Å². The maximum absolute atomic E-state index is 11.8. The first-order valence-corrected chi connectivity index (χ1v) is 6.56. The van der Waals surface area contributed by atoms with E-state index in [-0.39, 0.29) is 23.8 Å². The number of ether oxygens (including phenoxy) is 1. The lowest BCUT2D eigenvalue weighted by atomic mass is 9.73. The molecule has 0 N–H and O–H groups in total. The highest BCUT2D eigenvalue weighted by molar-refractivity contribution is 5.97. The highest BCUT2D eigenvalue weighted by atomic mass is 16.6. The van der Waals surface area contributed by atoms with E-state index in [0.29, 0.717) is 17.8 Å². The average Bonchev–Trinajstić information content (AvgIpc) is 3.03. The number of cyclic esters (lactones) is 2. The Bertz CT molecular complexity index is 522. The van der Waals surface area contributed by atoms with Gasteiger partial charge in [0.1, 0.15) is 0 Å². The first-order valence-electron chi connectivity index (χ1n) is 6.56. The van der Waals surface area contributed by atoms with Crippen LogP contribution in [0.3, 0.4) is 0 Å². The summed E-state index contributed by atoms with van der Waals surface area (Å²) in [6.45, 7) is 0. The lowest BCUT2D eigenvalue weighted by Crippen LogP contribution is -2.29. The quantitative estimate of drug-likeness (QED) is 0.559. The van der Waals surface area contributed by atoms with Gasteiger partial charge in [0.05, 0.1) is 11.8 Å². The fourth-order valence-electron chi connectivity index (χ4n) is 4.34. The number of benzene rings is 1. The van der Waals surface area contributed by atoms with Crippen molar-refractivity contribution < 1.29 is 14.3 Å². The van der Waals surface area contributed by atoms with Gasteiger partial charge in [-0.05, 0) is 36.2 Å². The lowest BCUT2D eigenvalue weighted by Gasteiger charge is -2.27. The Kier molecular flexibility index (Phi) is 1.97. The summed E-state index contributed by atoms with van der Waals surface area (Å²) in [4.78, 5) is 23.4. The molecule has 1 saturated heterocycles. The van der Waals surface area contributed by atoms with Gasteiger partial charge < -0.3 is 4.74 Å². The molecule has 3 fully saturated rings. The van der Waals surface area contributed by atoms with Crippen molar-refractivity contribution in [1.82, 2.24) is 0 Å². The SMILES string of the molecule is O=C1OC(=O)[C@H]2[C@@H]3C[C@@H](C[C@@H]3c3ccccc3)[C@@H]12. The third-order valence-corrected chi connectivity index (χ3v) is 4.98. The Hall–Kier alpha value is -1.64. The second-order valence-electron chi connectivity index (χ2n) is 5.70. The molecule has 2 aliphatic carbocycles. The third kappa shape index (κ3) is 1.19. The van der Waals surface area contributed by atoms with Gasteiger partial charge in [-0.3, -0.25) is 9.59 Å². The second kappa shape index (κ2) is 3.44. The first kappa shape index (κ1) is 10.3. The summed E-state index contributed by atoms with van der Waals surface area (Å²) in [6.07, 6.45) is 2.04. The van der Waals surface area contributed by atoms with E-state index in [1.54, 1.807) is 0 Å². The standard InChI is InChI=1S/C15H14O3/c16-14-12-9-6-10(8-4-2-1-3-5-8)11(7-9)13(12)15(17)18-14/h1-5,9-13H,6-7H2/t9-,10-,11-,12-,13+/m1/s1. The van der Waals surface area contributed by atoms with Crippen molar-refractivity contribution in [2.24, 2.45) is 23.7 Å². The van der Waals surface area contributed by atoms with Crippen LogP contribution in [0, 0.1) is 23.7 Å². The number of fused-ring (bicyclic) bond motifs is 5. The number of carbonyl (C=O) groups is 2. The van der Waals surface area contributed by atoms with Crippen molar-refractivity contribution in [3.8, 4) is 0 Å². The summed E-state index contributed by atoms with van der Waals surface area (Å²) in [6, 6.07) is 10.3. The molecule has 0 radical (unpaired) electrons. The zero-order chi connectivity index (χ0) is 12.3. The number of carbonyl (C=O) groups excluding carboxylic acids is 2. The average molecular weight is 242 g/mol. The molecule has 0 spiro atoms. The Morgan fingerprint density at radius 2 is 1.67 bits per heavy atom. The van der Waals surface area contributed by atoms with Gasteiger partial charge in [0.25, 0.3) is 0 Å². The molecule has 0 amide bonds. The highest BCUT2D eigenvalue weighted by Crippen LogP contribution is 2.61. The molecule has 0 aromatic heterocycles. The van der Waals surface area contributed by atoms with E-state index in [9.17, 15) is 9.59 Å². The van der Waals surface area contributed by atoms with Crippen LogP contribution in [0.15, 0.2) is 30.3 Å². The van der Waals surface area contributed by atoms with E-state index in [1.807, 2.05) is 18.2 Å². The van der Waals surface area contributed by atoms with Crippen LogP contribution in [-0.4, -0.2) is 11.9 Å². The summed E-state index contributed by atoms with van der Waals surface area (Å²) >= 11 is 0. The van der Waals surface area contributed by atoms with Gasteiger partial charge in [-0.25, -0.2) is 0 Å². The maximum atomic E-state index is 11.8. The molecular weight excluding hydrogens is 228 g/mol. The topological polar surface area (TPSA) is 43.4 Å². The largest absolute Gasteiger partial charge is 0.393 e. The first-order chi connectivity index (χ1) is 8.75. The Morgan fingerprint density at radius 3 is 2.44 bits per heavy atom. The van der Waals surface area contributed by atoms with Crippen molar-refractivity contribution in [3.63, 3.8) is 0 Å². The third-order valence-electron chi connectivity index (χ3n) is 4.98. The van der Waals surface area contributed by atoms with E-state index in [1.165, 1.54) is 5.56 Å². The number of rotatable bonds is 1. The molecule has 4 rings (SSSR count). The molecule has 1 aromatic rings. The van der Waals surface area contributed by atoms with Crippen molar-refractivity contribution in [1.29, 1.82) is 0 Å². The van der Waals surface area contributed by atoms with Crippen molar-refractivity contribution in [2.45, 2.75) is 18.8 Å². The minimum atomic E-state index is -0.280. The van der Waals surface area contributed by atoms with Gasteiger partial charge >= 0.3 is 11.9 Å². The molecule has 1 aliphatic heterocycles. The minimum absolute atomic E-state index is 0.137. The van der Waals surface area contributed by atoms with Crippen LogP contribution < -0.4 is 0 Å². The maximum Gasteiger partial charge on any atom is 0.317 e. The molecule has 5 atom stereocenters. The Balaban J connectivity index is 1.70. The van der Waals surface area contributed by atoms with Crippen LogP contribution in [0.4, 0.5) is 0 Å². The van der Waals surface area contributed by atoms with Crippen LogP contribution in [0.1, 0.15) is 24.3 Å². The van der Waals surface area contributed by atoms with Crippen LogP contribution in [0.25, 0.3) is 0 Å². The predicted molar refractivity (Wildman–Crippen MR) is 63.5 cm³/mol. The van der Waals surface area contributed by atoms with Gasteiger partial charge in [0, 0.05) is 0 Å². The fraction of sp³-hybridized carbons (Fsp3) is 0.467. The van der Waals surface area contributed by atoms with E-state index in [2.05, 4.69) is 12.1 Å². The summed E-state index contributed by atoms with van der Waals surface area (Å²) in [5.41, 5.74) is 1.30. The zero-order valence-corrected chi connectivity index (χ0v) is 9.91. The van der Waals surface area contributed by atoms with Gasteiger partial charge in [-0.2, -0.15) is 0 Å². The van der Waals surface area contributed by atoms with Gasteiger partial charge in [-0.1, -0.05) is 30.3 Å². The van der Waals surface area contributed by atoms with Crippen LogP contribution in [-0.2, 0) is 14.3 Å². The molecule has 3 heteroatoms. The summed E-state index contributed by atoms with van der Waals surface area (Å²) < 4.78 is 4.82. The van der Waals surface area contributed by atoms with Gasteiger partial charge in [-0.15, -0.1) is 0 Å². The van der Waals surface area contributed by atoms with Gasteiger partial charge in [0.2, 0.25) is 0 Å². The van der Waals surface area contributed by atoms with Crippen LogP contribution >= 0.6 is 0 Å². The van der Waals surface area contributed by atoms with Crippen molar-refractivity contribution in [3.05, 3.63) is 35.9 Å². The van der Waals surface area contributed by atoms with E-state index in [0.717, 1.165) is 12.8 Å². The normalized spacial score (nSPS) is 41.0. The lowest BCUT2D eigenvalue weighted by molar-refractivity contribution is -0.154. The van der Waals surface area contributed by atoms with Crippen molar-refractivity contribution >= 4 is 11.9 Å². The van der Waals surface area contributed by atoms with Crippen LogP contribution in [0.5, 0.6) is 0 Å². The molecule has 1 heterocycles. The van der Waals surface area contributed by atoms with Crippen LogP contribution in [0.2, 0.25) is 0 Å². The van der Waals surface area contributed by atoms with E-state index < -0.39 is 0 Å².